The first-order valence-electron chi connectivity index (χ1n) is 7.33. The van der Waals surface area contributed by atoms with Gasteiger partial charge in [0.1, 0.15) is 5.82 Å². The monoisotopic (exact) mass is 306 g/mol. The smallest absolute Gasteiger partial charge is 0.335 e. The van der Waals surface area contributed by atoms with Gasteiger partial charge < -0.3 is 14.8 Å². The third-order valence-corrected chi connectivity index (χ3v) is 4.05. The van der Waals surface area contributed by atoms with E-state index in [1.165, 1.54) is 10.6 Å². The number of nitrogens with one attached hydrogen (secondary N) is 1. The number of aromatic nitrogens is 4. The molecule has 2 heterocycles. The Balaban J connectivity index is 1.83. The van der Waals surface area contributed by atoms with Gasteiger partial charge in [0.05, 0.1) is 6.61 Å². The molecule has 2 aromatic heterocycles. The number of rotatable bonds is 4. The molecule has 0 atom stereocenters. The van der Waals surface area contributed by atoms with E-state index in [1.807, 2.05) is 0 Å². The van der Waals surface area contributed by atoms with E-state index in [0.717, 1.165) is 19.3 Å². The minimum absolute atomic E-state index is 0.0317. The van der Waals surface area contributed by atoms with Crippen molar-refractivity contribution in [1.29, 1.82) is 0 Å². The summed E-state index contributed by atoms with van der Waals surface area (Å²) in [6.07, 6.45) is 3.70. The fourth-order valence-electron chi connectivity index (χ4n) is 2.88. The summed E-state index contributed by atoms with van der Waals surface area (Å²) in [5.41, 5.74) is -0.970. The molecule has 2 aromatic rings. The maximum absolute atomic E-state index is 11.9. The zero-order valence-corrected chi connectivity index (χ0v) is 12.3. The summed E-state index contributed by atoms with van der Waals surface area (Å²) >= 11 is 0. The van der Waals surface area contributed by atoms with Gasteiger partial charge >= 0.3 is 5.97 Å². The molecule has 1 aliphatic carbocycles. The van der Waals surface area contributed by atoms with E-state index in [1.54, 1.807) is 6.92 Å². The Morgan fingerprint density at radius 2 is 2.18 bits per heavy atom. The molecule has 1 saturated carbocycles. The number of ether oxygens (including phenoxy) is 1. The Morgan fingerprint density at radius 1 is 1.45 bits per heavy atom. The zero-order valence-electron chi connectivity index (χ0n) is 12.3. The van der Waals surface area contributed by atoms with Gasteiger partial charge in [-0.15, -0.1) is 5.10 Å². The van der Waals surface area contributed by atoms with Crippen molar-refractivity contribution in [3.8, 4) is 0 Å². The van der Waals surface area contributed by atoms with Crippen LogP contribution in [0.5, 0.6) is 0 Å². The normalized spacial score (nSPS) is 17.7. The van der Waals surface area contributed by atoms with Gasteiger partial charge in [-0.05, 0) is 32.6 Å². The van der Waals surface area contributed by atoms with Gasteiger partial charge in [-0.3, -0.25) is 4.79 Å². The van der Waals surface area contributed by atoms with E-state index in [9.17, 15) is 14.7 Å². The summed E-state index contributed by atoms with van der Waals surface area (Å²) in [6, 6.07) is 1.36. The molecule has 1 aliphatic rings. The number of fused-ring (bicyclic) bond motifs is 1. The summed E-state index contributed by atoms with van der Waals surface area (Å²) < 4.78 is 6.87. The number of nitrogens with zero attached hydrogens (tertiary/aromatic N) is 3. The molecular formula is C14H18N4O4. The summed E-state index contributed by atoms with van der Waals surface area (Å²) in [5.74, 6) is -0.119. The standard InChI is InChI=1S/C14H18N4O4/c1-9-15-13-16-10(7-11(19)18(13)17-9)8-22-14(12(20)21)5-3-2-4-6-14/h7H,2-6,8H2,1H3,(H,20,21)(H,15,16,17). The molecule has 3 rings (SSSR count). The van der Waals surface area contributed by atoms with Crippen LogP contribution in [-0.4, -0.2) is 36.3 Å². The third-order valence-electron chi connectivity index (χ3n) is 4.05. The molecule has 8 heteroatoms. The Morgan fingerprint density at radius 3 is 2.86 bits per heavy atom. The molecule has 0 aliphatic heterocycles. The predicted octanol–water partition coefficient (Wildman–Crippen LogP) is 1.03. The third kappa shape index (κ3) is 2.61. The van der Waals surface area contributed by atoms with Gasteiger partial charge in [0.25, 0.3) is 5.56 Å². The van der Waals surface area contributed by atoms with Crippen LogP contribution in [0.2, 0.25) is 0 Å². The lowest BCUT2D eigenvalue weighted by Crippen LogP contribution is -2.43. The number of carboxylic acids is 1. The van der Waals surface area contributed by atoms with Gasteiger partial charge in [-0.25, -0.2) is 4.79 Å². The lowest BCUT2D eigenvalue weighted by atomic mass is 9.84. The Bertz CT molecular complexity index is 758. The highest BCUT2D eigenvalue weighted by Crippen LogP contribution is 2.32. The number of carbonyl (C=O) groups is 1. The highest BCUT2D eigenvalue weighted by Gasteiger charge is 2.40. The molecule has 0 aromatic carbocycles. The summed E-state index contributed by atoms with van der Waals surface area (Å²) in [5, 5.41) is 13.4. The molecule has 0 bridgehead atoms. The first-order chi connectivity index (χ1) is 10.5. The Labute approximate surface area is 126 Å². The average Bonchev–Trinajstić information content (AvgIpc) is 2.87. The molecule has 8 nitrogen and oxygen atoms in total. The SMILES string of the molecule is Cc1nc2[nH]c(COC3(C(=O)O)CCCCC3)cc(=O)n2n1. The largest absolute Gasteiger partial charge is 0.479 e. The van der Waals surface area contributed by atoms with Crippen molar-refractivity contribution in [1.82, 2.24) is 19.6 Å². The van der Waals surface area contributed by atoms with Crippen molar-refractivity contribution in [3.05, 3.63) is 27.9 Å². The van der Waals surface area contributed by atoms with Gasteiger partial charge in [-0.1, -0.05) is 6.42 Å². The van der Waals surface area contributed by atoms with E-state index in [-0.39, 0.29) is 12.2 Å². The van der Waals surface area contributed by atoms with Crippen LogP contribution in [0, 0.1) is 6.92 Å². The van der Waals surface area contributed by atoms with Crippen molar-refractivity contribution in [2.24, 2.45) is 0 Å². The number of carboxylic acid groups (broad SMARTS) is 1. The van der Waals surface area contributed by atoms with E-state index < -0.39 is 11.6 Å². The van der Waals surface area contributed by atoms with E-state index in [4.69, 9.17) is 4.74 Å². The van der Waals surface area contributed by atoms with Crippen LogP contribution in [0.1, 0.15) is 43.6 Å². The Kier molecular flexibility index (Phi) is 3.69. The van der Waals surface area contributed by atoms with E-state index in [0.29, 0.717) is 30.1 Å². The van der Waals surface area contributed by atoms with Crippen LogP contribution in [0.3, 0.4) is 0 Å². The van der Waals surface area contributed by atoms with Crippen molar-refractivity contribution in [2.75, 3.05) is 0 Å². The number of hydrogen-bond donors (Lipinski definition) is 2. The highest BCUT2D eigenvalue weighted by molar-refractivity contribution is 5.77. The molecule has 0 radical (unpaired) electrons. The minimum atomic E-state index is -1.15. The maximum Gasteiger partial charge on any atom is 0.335 e. The van der Waals surface area contributed by atoms with Crippen molar-refractivity contribution >= 4 is 11.7 Å². The van der Waals surface area contributed by atoms with Gasteiger partial charge in [-0.2, -0.15) is 9.50 Å². The summed E-state index contributed by atoms with van der Waals surface area (Å²) in [7, 11) is 0. The molecule has 0 amide bonds. The van der Waals surface area contributed by atoms with Crippen LogP contribution in [-0.2, 0) is 16.1 Å². The minimum Gasteiger partial charge on any atom is -0.479 e. The first kappa shape index (κ1) is 14.7. The number of aromatic amines is 1. The second-order valence-electron chi connectivity index (χ2n) is 5.68. The lowest BCUT2D eigenvalue weighted by molar-refractivity contribution is -0.173. The van der Waals surface area contributed by atoms with Gasteiger partial charge in [0.2, 0.25) is 5.78 Å². The molecule has 2 N–H and O–H groups in total. The van der Waals surface area contributed by atoms with Crippen LogP contribution in [0.4, 0.5) is 0 Å². The summed E-state index contributed by atoms with van der Waals surface area (Å²) in [4.78, 5) is 30.6. The molecule has 0 spiro atoms. The Hall–Kier alpha value is -2.22. The van der Waals surface area contributed by atoms with Crippen LogP contribution in [0.15, 0.2) is 10.9 Å². The fourth-order valence-corrected chi connectivity index (χ4v) is 2.88. The topological polar surface area (TPSA) is 110 Å². The summed E-state index contributed by atoms with van der Waals surface area (Å²) in [6.45, 7) is 1.72. The first-order valence-corrected chi connectivity index (χ1v) is 7.33. The number of H-pyrrole nitrogens is 1. The molecular weight excluding hydrogens is 288 g/mol. The van der Waals surface area contributed by atoms with Crippen LogP contribution in [0.25, 0.3) is 5.78 Å². The van der Waals surface area contributed by atoms with E-state index >= 15 is 0 Å². The molecule has 118 valence electrons. The maximum atomic E-state index is 11.9. The molecule has 0 unspecified atom stereocenters. The number of aryl methyl sites for hydroxylation is 1. The molecule has 1 fully saturated rings. The second-order valence-corrected chi connectivity index (χ2v) is 5.68. The predicted molar refractivity (Wildman–Crippen MR) is 76.6 cm³/mol. The van der Waals surface area contributed by atoms with Crippen LogP contribution < -0.4 is 5.56 Å². The molecule has 22 heavy (non-hydrogen) atoms. The average molecular weight is 306 g/mol. The fraction of sp³-hybridized carbons (Fsp3) is 0.571. The van der Waals surface area contributed by atoms with Gasteiger partial charge in [0, 0.05) is 11.8 Å². The zero-order chi connectivity index (χ0) is 15.7. The van der Waals surface area contributed by atoms with Crippen LogP contribution >= 0.6 is 0 Å². The van der Waals surface area contributed by atoms with Gasteiger partial charge in [0.15, 0.2) is 5.60 Å². The quantitative estimate of drug-likeness (QED) is 0.873. The molecule has 0 saturated heterocycles. The van der Waals surface area contributed by atoms with Crippen molar-refractivity contribution in [3.63, 3.8) is 0 Å². The second kappa shape index (κ2) is 5.53. The highest BCUT2D eigenvalue weighted by atomic mass is 16.5. The number of hydrogen-bond acceptors (Lipinski definition) is 5. The lowest BCUT2D eigenvalue weighted by Gasteiger charge is -2.33. The van der Waals surface area contributed by atoms with Crippen molar-refractivity contribution < 1.29 is 14.6 Å². The van der Waals surface area contributed by atoms with E-state index in [2.05, 4.69) is 15.1 Å². The van der Waals surface area contributed by atoms with Crippen molar-refractivity contribution in [2.45, 2.75) is 51.2 Å². The number of aliphatic carboxylic acids is 1.